The van der Waals surface area contributed by atoms with Gasteiger partial charge in [-0.2, -0.15) is 0 Å². The number of carbonyl (C=O) groups excluding carboxylic acids is 1. The Morgan fingerprint density at radius 1 is 0.946 bits per heavy atom. The van der Waals surface area contributed by atoms with E-state index in [-0.39, 0.29) is 0 Å². The predicted molar refractivity (Wildman–Crippen MR) is 124 cm³/mol. The summed E-state index contributed by atoms with van der Waals surface area (Å²) in [5.74, 6) is -1.89. The molecule has 2 fully saturated rings. The molecule has 3 heterocycles. The molecule has 0 radical (unpaired) electrons. The van der Waals surface area contributed by atoms with E-state index in [4.69, 9.17) is 18.9 Å². The van der Waals surface area contributed by atoms with Gasteiger partial charge in [-0.25, -0.2) is 18.1 Å². The van der Waals surface area contributed by atoms with Crippen LogP contribution in [0.3, 0.4) is 0 Å². The van der Waals surface area contributed by atoms with Crippen molar-refractivity contribution in [1.82, 2.24) is 9.13 Å². The van der Waals surface area contributed by atoms with E-state index in [9.17, 15) is 23.2 Å². The molecule has 3 aromatic rings. The highest BCUT2D eigenvalue weighted by Gasteiger charge is 2.56. The summed E-state index contributed by atoms with van der Waals surface area (Å²) in [5.41, 5.74) is -0.324. The smallest absolute Gasteiger partial charge is 0.335 e. The van der Waals surface area contributed by atoms with E-state index in [1.54, 1.807) is 13.8 Å². The van der Waals surface area contributed by atoms with E-state index < -0.39 is 66.0 Å². The summed E-state index contributed by atoms with van der Waals surface area (Å²) >= 11 is 0. The highest BCUT2D eigenvalue weighted by molar-refractivity contribution is 5.58. The molecule has 9 nitrogen and oxygen atoms in total. The molecule has 2 saturated heterocycles. The largest absolute Gasteiger partial charge is 0.348 e. The quantitative estimate of drug-likeness (QED) is 0.447. The zero-order valence-electron chi connectivity index (χ0n) is 20.0. The molecule has 11 heteroatoms. The van der Waals surface area contributed by atoms with Crippen molar-refractivity contribution in [2.75, 3.05) is 0 Å². The lowest BCUT2D eigenvalue weighted by molar-refractivity contribution is -0.195. The van der Waals surface area contributed by atoms with Gasteiger partial charge in [0.15, 0.2) is 18.3 Å². The van der Waals surface area contributed by atoms with E-state index in [0.717, 1.165) is 9.13 Å². The minimum atomic E-state index is -1.02. The highest BCUT2D eigenvalue weighted by Crippen LogP contribution is 2.42. The summed E-state index contributed by atoms with van der Waals surface area (Å²) in [6.45, 7) is 2.90. The molecule has 0 aliphatic carbocycles. The van der Waals surface area contributed by atoms with Gasteiger partial charge in [-0.15, -0.1) is 0 Å². The molecule has 0 bridgehead atoms. The molecule has 0 spiro atoms. The molecule has 2 unspecified atom stereocenters. The molecule has 0 amide bonds. The van der Waals surface area contributed by atoms with Gasteiger partial charge in [0.2, 0.25) is 0 Å². The topological polar surface area (TPSA) is 98.0 Å². The molecule has 37 heavy (non-hydrogen) atoms. The average molecular weight is 514 g/mol. The number of halogens is 2. The Balaban J connectivity index is 1.46. The van der Waals surface area contributed by atoms with Gasteiger partial charge in [0.1, 0.15) is 42.8 Å². The van der Waals surface area contributed by atoms with E-state index >= 15 is 0 Å². The van der Waals surface area contributed by atoms with Crippen molar-refractivity contribution in [2.24, 2.45) is 0 Å². The fourth-order valence-electron chi connectivity index (χ4n) is 4.59. The molecule has 4 atom stereocenters. The van der Waals surface area contributed by atoms with E-state index in [1.807, 2.05) is 0 Å². The first kappa shape index (κ1) is 25.2. The Morgan fingerprint density at radius 2 is 1.51 bits per heavy atom. The third kappa shape index (κ3) is 4.90. The number of hydrogen-bond acceptors (Lipinski definition) is 7. The molecular weight excluding hydrogens is 490 g/mol. The van der Waals surface area contributed by atoms with Crippen molar-refractivity contribution in [1.29, 1.82) is 0 Å². The van der Waals surface area contributed by atoms with Crippen molar-refractivity contribution in [3.63, 3.8) is 0 Å². The maximum atomic E-state index is 13.5. The third-order valence-electron chi connectivity index (χ3n) is 6.28. The van der Waals surface area contributed by atoms with Crippen molar-refractivity contribution < 1.29 is 32.5 Å². The fourth-order valence-corrected chi connectivity index (χ4v) is 4.59. The second-order valence-electron chi connectivity index (χ2n) is 9.24. The predicted octanol–water partition coefficient (Wildman–Crippen LogP) is 2.67. The van der Waals surface area contributed by atoms with Gasteiger partial charge in [-0.1, -0.05) is 24.3 Å². The zero-order chi connectivity index (χ0) is 26.3. The number of rotatable bonds is 7. The molecule has 194 valence electrons. The summed E-state index contributed by atoms with van der Waals surface area (Å²) in [5, 5.41) is 0. The Bertz CT molecular complexity index is 1360. The second-order valence-corrected chi connectivity index (χ2v) is 9.24. The number of hydrogen-bond donors (Lipinski definition) is 0. The highest BCUT2D eigenvalue weighted by atomic mass is 19.1. The van der Waals surface area contributed by atoms with Crippen LogP contribution in [-0.2, 0) is 30.5 Å². The van der Waals surface area contributed by atoms with Crippen LogP contribution in [0, 0.1) is 11.6 Å². The molecule has 2 aromatic carbocycles. The SMILES string of the molecule is CC1(C)OC2C(O1)[C@@H](C=O)O[C@H]2n1ccc(=O)n(COC(c2ccc(F)cc2)c2ccc(F)cc2)c1=O. The average Bonchev–Trinajstić information content (AvgIpc) is 3.35. The number of aromatic nitrogens is 2. The van der Waals surface area contributed by atoms with Crippen molar-refractivity contribution >= 4 is 6.29 Å². The van der Waals surface area contributed by atoms with Gasteiger partial charge >= 0.3 is 5.69 Å². The summed E-state index contributed by atoms with van der Waals surface area (Å²) in [6, 6.07) is 12.2. The van der Waals surface area contributed by atoms with Gasteiger partial charge in [-0.05, 0) is 49.2 Å². The Kier molecular flexibility index (Phi) is 6.63. The van der Waals surface area contributed by atoms with Crippen molar-refractivity contribution in [3.8, 4) is 0 Å². The van der Waals surface area contributed by atoms with Crippen LogP contribution in [0.2, 0.25) is 0 Å². The molecule has 5 rings (SSSR count). The molecular formula is C26H24F2N2O7. The standard InChI is InChI=1S/C26H24F2N2O7/c1-26(2)36-22-19(13-31)35-24(23(22)37-26)29-12-11-20(32)30(25(29)33)14-34-21(15-3-7-17(27)8-4-15)16-5-9-18(28)10-6-16/h3-13,19,21-24H,14H2,1-2H3/t19-,22?,23?,24-/m1/s1. The lowest BCUT2D eigenvalue weighted by Crippen LogP contribution is -2.43. The van der Waals surface area contributed by atoms with E-state index in [0.29, 0.717) is 17.4 Å². The summed E-state index contributed by atoms with van der Waals surface area (Å²) in [7, 11) is 0. The zero-order valence-corrected chi connectivity index (χ0v) is 20.0. The minimum Gasteiger partial charge on any atom is -0.348 e. The first-order chi connectivity index (χ1) is 17.7. The molecule has 0 saturated carbocycles. The minimum absolute atomic E-state index is 0.450. The maximum Gasteiger partial charge on any atom is 0.335 e. The van der Waals surface area contributed by atoms with Crippen LogP contribution in [0.4, 0.5) is 8.78 Å². The van der Waals surface area contributed by atoms with Crippen molar-refractivity contribution in [3.05, 3.63) is 104 Å². The second kappa shape index (κ2) is 9.75. The fraction of sp³-hybridized carbons (Fsp3) is 0.346. The first-order valence-electron chi connectivity index (χ1n) is 11.6. The Hall–Kier alpha value is -3.51. The normalized spacial score (nSPS) is 24.4. The lowest BCUT2D eigenvalue weighted by atomic mass is 10.0. The monoisotopic (exact) mass is 514 g/mol. The van der Waals surface area contributed by atoms with Gasteiger partial charge in [0.05, 0.1) is 0 Å². The lowest BCUT2D eigenvalue weighted by Gasteiger charge is -2.24. The van der Waals surface area contributed by atoms with Crippen LogP contribution < -0.4 is 11.2 Å². The number of ether oxygens (including phenoxy) is 4. The molecule has 2 aliphatic heterocycles. The van der Waals surface area contributed by atoms with Gasteiger partial charge in [-0.3, -0.25) is 9.36 Å². The summed E-state index contributed by atoms with van der Waals surface area (Å²) in [6.07, 6.45) is -2.44. The maximum absolute atomic E-state index is 13.5. The van der Waals surface area contributed by atoms with E-state index in [2.05, 4.69) is 0 Å². The Labute approximate surface area is 209 Å². The molecule has 2 aliphatic rings. The number of aldehydes is 1. The van der Waals surface area contributed by atoms with Crippen LogP contribution >= 0.6 is 0 Å². The van der Waals surface area contributed by atoms with Crippen LogP contribution in [-0.4, -0.2) is 39.5 Å². The molecule has 0 N–H and O–H groups in total. The third-order valence-corrected chi connectivity index (χ3v) is 6.28. The van der Waals surface area contributed by atoms with Gasteiger partial charge in [0.25, 0.3) is 5.56 Å². The van der Waals surface area contributed by atoms with Crippen LogP contribution in [0.25, 0.3) is 0 Å². The molecule has 1 aromatic heterocycles. The van der Waals surface area contributed by atoms with Crippen LogP contribution in [0.15, 0.2) is 70.4 Å². The van der Waals surface area contributed by atoms with Crippen LogP contribution in [0.1, 0.15) is 37.3 Å². The van der Waals surface area contributed by atoms with E-state index in [1.165, 1.54) is 60.8 Å². The number of fused-ring (bicyclic) bond motifs is 1. The summed E-state index contributed by atoms with van der Waals surface area (Å²) < 4.78 is 52.4. The summed E-state index contributed by atoms with van der Waals surface area (Å²) in [4.78, 5) is 37.6. The number of carbonyl (C=O) groups is 1. The van der Waals surface area contributed by atoms with Gasteiger partial charge in [0, 0.05) is 12.3 Å². The Morgan fingerprint density at radius 3 is 2.08 bits per heavy atom. The number of benzene rings is 2. The van der Waals surface area contributed by atoms with Crippen LogP contribution in [0.5, 0.6) is 0 Å². The first-order valence-corrected chi connectivity index (χ1v) is 11.6. The van der Waals surface area contributed by atoms with Crippen molar-refractivity contribution in [2.45, 2.75) is 57.0 Å². The number of nitrogens with zero attached hydrogens (tertiary/aromatic N) is 2. The van der Waals surface area contributed by atoms with Gasteiger partial charge < -0.3 is 23.7 Å².